The number of carbonyl (C=O) groups is 1. The number of rotatable bonds is 4. The number of hydrogen-bond donors (Lipinski definition) is 1. The third-order valence-electron chi connectivity index (χ3n) is 8.95. The Balaban J connectivity index is 1.07. The number of hydrogen-bond acceptors (Lipinski definition) is 5. The number of aromatic nitrogens is 1. The number of piperidine rings is 1. The molecule has 6 nitrogen and oxygen atoms in total. The molecule has 0 atom stereocenters. The summed E-state index contributed by atoms with van der Waals surface area (Å²) < 4.78 is 47.4. The van der Waals surface area contributed by atoms with Crippen LogP contribution in [0.25, 0.3) is 11.1 Å². The number of fused-ring (bicyclic) bond motifs is 3. The van der Waals surface area contributed by atoms with Crippen molar-refractivity contribution in [2.24, 2.45) is 0 Å². The summed E-state index contributed by atoms with van der Waals surface area (Å²) in [6.45, 7) is 2.95. The van der Waals surface area contributed by atoms with Crippen molar-refractivity contribution in [3.63, 3.8) is 0 Å². The number of ether oxygens (including phenoxy) is 1. The summed E-state index contributed by atoms with van der Waals surface area (Å²) in [5.74, 6) is 0.595. The first kappa shape index (κ1) is 28.7. The topological polar surface area (TPSA) is 57.7 Å². The van der Waals surface area contributed by atoms with Crippen LogP contribution in [0.1, 0.15) is 45.5 Å². The standard InChI is InChI=1S/C34H30ClF3N4O2/c35-27-9-10-29(34(36,37)38)26(17-27)20-42-16-13-39-31-30(42)18-25(19-40-31)22-5-7-23(8-6-22)32(43)41-14-11-33(12-15-41)28-4-2-1-3-24(28)21-44-33/h1-10,17-19H,11-16,20-21H2,(H,39,40). The normalized spacial score (nSPS) is 17.3. The summed E-state index contributed by atoms with van der Waals surface area (Å²) in [4.78, 5) is 21.7. The molecule has 1 N–H and O–H groups in total. The minimum atomic E-state index is -4.48. The Labute approximate surface area is 258 Å². The summed E-state index contributed by atoms with van der Waals surface area (Å²) in [5, 5.41) is 3.49. The summed E-state index contributed by atoms with van der Waals surface area (Å²) in [7, 11) is 0. The Morgan fingerprint density at radius 2 is 1.75 bits per heavy atom. The first-order chi connectivity index (χ1) is 21.2. The molecule has 7 rings (SSSR count). The predicted molar refractivity (Wildman–Crippen MR) is 164 cm³/mol. The fourth-order valence-electron chi connectivity index (χ4n) is 6.61. The molecule has 226 valence electrons. The van der Waals surface area contributed by atoms with Crippen LogP contribution in [-0.4, -0.2) is 42.0 Å². The van der Waals surface area contributed by atoms with Gasteiger partial charge in [0.25, 0.3) is 5.91 Å². The molecule has 0 bridgehead atoms. The van der Waals surface area contributed by atoms with Crippen LogP contribution in [-0.2, 0) is 29.7 Å². The van der Waals surface area contributed by atoms with Crippen LogP contribution in [0.4, 0.5) is 24.7 Å². The van der Waals surface area contributed by atoms with Gasteiger partial charge in [0.15, 0.2) is 0 Å². The highest BCUT2D eigenvalue weighted by molar-refractivity contribution is 6.30. The van der Waals surface area contributed by atoms with Gasteiger partial charge >= 0.3 is 6.18 Å². The highest BCUT2D eigenvalue weighted by Crippen LogP contribution is 2.44. The zero-order chi connectivity index (χ0) is 30.5. The van der Waals surface area contributed by atoms with Crippen LogP contribution in [0, 0.1) is 0 Å². The number of likely N-dealkylation sites (tertiary alicyclic amines) is 1. The number of carbonyl (C=O) groups excluding carboxylic acids is 1. The van der Waals surface area contributed by atoms with Crippen LogP contribution < -0.4 is 10.2 Å². The molecule has 0 radical (unpaired) electrons. The van der Waals surface area contributed by atoms with Crippen molar-refractivity contribution in [2.45, 2.75) is 37.8 Å². The summed E-state index contributed by atoms with van der Waals surface area (Å²) in [5.41, 5.74) is 4.55. The van der Waals surface area contributed by atoms with Gasteiger partial charge in [0.2, 0.25) is 0 Å². The van der Waals surface area contributed by atoms with Crippen molar-refractivity contribution < 1.29 is 22.7 Å². The molecular weight excluding hydrogens is 589 g/mol. The molecule has 0 aliphatic carbocycles. The lowest BCUT2D eigenvalue weighted by Crippen LogP contribution is -2.45. The Bertz CT molecular complexity index is 1720. The molecule has 10 heteroatoms. The fraction of sp³-hybridized carbons (Fsp3) is 0.294. The van der Waals surface area contributed by atoms with Crippen molar-refractivity contribution in [3.8, 4) is 11.1 Å². The quantitative estimate of drug-likeness (QED) is 0.256. The average molecular weight is 619 g/mol. The minimum Gasteiger partial charge on any atom is -0.367 e. The Morgan fingerprint density at radius 3 is 2.52 bits per heavy atom. The van der Waals surface area contributed by atoms with Crippen molar-refractivity contribution >= 4 is 29.0 Å². The molecular formula is C34H30ClF3N4O2. The molecule has 1 spiro atoms. The molecule has 1 amide bonds. The van der Waals surface area contributed by atoms with Crippen LogP contribution in [0.15, 0.2) is 79.0 Å². The third-order valence-corrected chi connectivity index (χ3v) is 9.19. The maximum atomic E-state index is 13.7. The van der Waals surface area contributed by atoms with E-state index in [4.69, 9.17) is 16.3 Å². The van der Waals surface area contributed by atoms with E-state index >= 15 is 0 Å². The molecule has 1 saturated heterocycles. The van der Waals surface area contributed by atoms with Gasteiger partial charge in [0, 0.05) is 55.1 Å². The third kappa shape index (κ3) is 5.28. The van der Waals surface area contributed by atoms with Crippen LogP contribution >= 0.6 is 11.6 Å². The molecule has 4 aromatic rings. The van der Waals surface area contributed by atoms with Gasteiger partial charge in [-0.2, -0.15) is 13.2 Å². The van der Waals surface area contributed by atoms with Gasteiger partial charge in [0.05, 0.1) is 23.5 Å². The van der Waals surface area contributed by atoms with Crippen LogP contribution in [0.2, 0.25) is 5.02 Å². The van der Waals surface area contributed by atoms with E-state index in [1.807, 2.05) is 52.3 Å². The van der Waals surface area contributed by atoms with E-state index in [1.54, 1.807) is 6.20 Å². The van der Waals surface area contributed by atoms with E-state index in [1.165, 1.54) is 23.3 Å². The second kappa shape index (κ2) is 11.1. The minimum absolute atomic E-state index is 0.0152. The van der Waals surface area contributed by atoms with E-state index in [0.717, 1.165) is 30.0 Å². The lowest BCUT2D eigenvalue weighted by atomic mass is 9.83. The van der Waals surface area contributed by atoms with Gasteiger partial charge < -0.3 is 19.9 Å². The first-order valence-corrected chi connectivity index (χ1v) is 15.0. The second-order valence-corrected chi connectivity index (χ2v) is 12.0. The van der Waals surface area contributed by atoms with Gasteiger partial charge in [-0.15, -0.1) is 0 Å². The molecule has 3 aromatic carbocycles. The number of nitrogens with one attached hydrogen (secondary N) is 1. The maximum Gasteiger partial charge on any atom is 0.416 e. The number of halogens is 4. The fourth-order valence-corrected chi connectivity index (χ4v) is 6.81. The number of alkyl halides is 3. The number of amides is 1. The van der Waals surface area contributed by atoms with Gasteiger partial charge in [0.1, 0.15) is 5.82 Å². The Morgan fingerprint density at radius 1 is 0.977 bits per heavy atom. The first-order valence-electron chi connectivity index (χ1n) is 14.7. The number of pyridine rings is 1. The zero-order valence-corrected chi connectivity index (χ0v) is 24.6. The van der Waals surface area contributed by atoms with E-state index in [-0.39, 0.29) is 28.6 Å². The monoisotopic (exact) mass is 618 g/mol. The Hall–Kier alpha value is -4.08. The summed E-state index contributed by atoms with van der Waals surface area (Å²) >= 11 is 6.08. The van der Waals surface area contributed by atoms with Gasteiger partial charge in [-0.05, 0) is 71.5 Å². The maximum absolute atomic E-state index is 13.7. The van der Waals surface area contributed by atoms with Crippen LogP contribution in [0.3, 0.4) is 0 Å². The van der Waals surface area contributed by atoms with E-state index < -0.39 is 11.7 Å². The van der Waals surface area contributed by atoms with E-state index in [2.05, 4.69) is 22.4 Å². The zero-order valence-electron chi connectivity index (χ0n) is 23.8. The van der Waals surface area contributed by atoms with Crippen molar-refractivity contribution in [1.82, 2.24) is 9.88 Å². The molecule has 0 saturated carbocycles. The highest BCUT2D eigenvalue weighted by Gasteiger charge is 2.43. The molecule has 1 aromatic heterocycles. The molecule has 0 unspecified atom stereocenters. The molecule has 3 aliphatic rings. The highest BCUT2D eigenvalue weighted by atomic mass is 35.5. The van der Waals surface area contributed by atoms with Gasteiger partial charge in [-0.3, -0.25) is 4.79 Å². The van der Waals surface area contributed by atoms with Crippen LogP contribution in [0.5, 0.6) is 0 Å². The van der Waals surface area contributed by atoms with Gasteiger partial charge in [-0.1, -0.05) is 48.0 Å². The average Bonchev–Trinajstić information content (AvgIpc) is 3.38. The lowest BCUT2D eigenvalue weighted by molar-refractivity contribution is -0.138. The largest absolute Gasteiger partial charge is 0.416 e. The molecule has 44 heavy (non-hydrogen) atoms. The predicted octanol–water partition coefficient (Wildman–Crippen LogP) is 7.51. The summed E-state index contributed by atoms with van der Waals surface area (Å²) in [6.07, 6.45) is -1.23. The number of anilines is 2. The summed E-state index contributed by atoms with van der Waals surface area (Å²) in [6, 6.07) is 21.3. The van der Waals surface area contributed by atoms with E-state index in [0.29, 0.717) is 49.9 Å². The lowest BCUT2D eigenvalue weighted by Gasteiger charge is -2.39. The second-order valence-electron chi connectivity index (χ2n) is 11.5. The smallest absolute Gasteiger partial charge is 0.367 e. The van der Waals surface area contributed by atoms with Gasteiger partial charge in [-0.25, -0.2) is 4.98 Å². The SMILES string of the molecule is O=C(c1ccc(-c2cnc3c(c2)N(Cc2cc(Cl)ccc2C(F)(F)F)CCN3)cc1)N1CCC2(CC1)OCc1ccccc12. The number of nitrogens with zero attached hydrogens (tertiary/aromatic N) is 3. The van der Waals surface area contributed by atoms with Crippen molar-refractivity contribution in [3.05, 3.63) is 112 Å². The Kier molecular flexibility index (Phi) is 7.25. The molecule has 3 aliphatic heterocycles. The molecule has 1 fully saturated rings. The van der Waals surface area contributed by atoms with E-state index in [9.17, 15) is 18.0 Å². The number of benzene rings is 3. The molecule has 4 heterocycles. The van der Waals surface area contributed by atoms with Crippen molar-refractivity contribution in [2.75, 3.05) is 36.4 Å². The van der Waals surface area contributed by atoms with Crippen molar-refractivity contribution in [1.29, 1.82) is 0 Å².